The Morgan fingerprint density at radius 3 is 2.74 bits per heavy atom. The zero-order valence-electron chi connectivity index (χ0n) is 9.98. The fourth-order valence-electron chi connectivity index (χ4n) is 1.37. The fraction of sp³-hybridized carbons (Fsp3) is 0.167. The molecule has 4 nitrogen and oxygen atoms in total. The Balaban J connectivity index is 2.13. The number of amides is 1. The highest BCUT2D eigenvalue weighted by atomic mass is 32.1. The van der Waals surface area contributed by atoms with Gasteiger partial charge in [-0.2, -0.15) is 0 Å². The van der Waals surface area contributed by atoms with E-state index in [1.54, 1.807) is 12.3 Å². The first-order valence-electron chi connectivity index (χ1n) is 5.45. The van der Waals surface area contributed by atoms with Crippen LogP contribution in [0.15, 0.2) is 23.6 Å². The third kappa shape index (κ3) is 3.12. The van der Waals surface area contributed by atoms with E-state index < -0.39 is 17.5 Å². The Labute approximate surface area is 112 Å². The summed E-state index contributed by atoms with van der Waals surface area (Å²) in [6, 6.07) is 2.87. The predicted molar refractivity (Wildman–Crippen MR) is 69.0 cm³/mol. The van der Waals surface area contributed by atoms with Gasteiger partial charge in [0.2, 0.25) is 0 Å². The molecule has 7 heteroatoms. The van der Waals surface area contributed by atoms with Gasteiger partial charge in [-0.15, -0.1) is 11.3 Å². The minimum Gasteiger partial charge on any atom is -0.322 e. The van der Waals surface area contributed by atoms with Gasteiger partial charge in [0.25, 0.3) is 5.91 Å². The van der Waals surface area contributed by atoms with E-state index >= 15 is 0 Å². The van der Waals surface area contributed by atoms with Crippen LogP contribution in [0.5, 0.6) is 0 Å². The standard InChI is InChI=1S/C12H11F2N3OS/c1-6(15)12-17-10(5-19-12)11(18)16-7-2-3-8(13)9(14)4-7/h2-6H,15H2,1H3,(H,16,18). The lowest BCUT2D eigenvalue weighted by Crippen LogP contribution is -2.13. The SMILES string of the molecule is CC(N)c1nc(C(=O)Nc2ccc(F)c(F)c2)cs1. The molecule has 1 heterocycles. The van der Waals surface area contributed by atoms with Crippen LogP contribution in [0.1, 0.15) is 28.5 Å². The number of hydrogen-bond acceptors (Lipinski definition) is 4. The van der Waals surface area contributed by atoms with Crippen LogP contribution >= 0.6 is 11.3 Å². The van der Waals surface area contributed by atoms with Crippen LogP contribution in [0.25, 0.3) is 0 Å². The molecule has 0 aliphatic heterocycles. The van der Waals surface area contributed by atoms with Crippen molar-refractivity contribution in [1.82, 2.24) is 4.98 Å². The van der Waals surface area contributed by atoms with Crippen molar-refractivity contribution in [2.45, 2.75) is 13.0 Å². The van der Waals surface area contributed by atoms with Gasteiger partial charge in [-0.25, -0.2) is 13.8 Å². The van der Waals surface area contributed by atoms with Gasteiger partial charge in [0.1, 0.15) is 10.7 Å². The number of carbonyl (C=O) groups excluding carboxylic acids is 1. The molecule has 3 N–H and O–H groups in total. The summed E-state index contributed by atoms with van der Waals surface area (Å²) >= 11 is 1.27. The Bertz CT molecular complexity index is 613. The number of hydrogen-bond donors (Lipinski definition) is 2. The first-order valence-corrected chi connectivity index (χ1v) is 6.32. The number of anilines is 1. The summed E-state index contributed by atoms with van der Waals surface area (Å²) in [5, 5.41) is 4.63. The van der Waals surface area contributed by atoms with Crippen LogP contribution < -0.4 is 11.1 Å². The molecule has 2 rings (SSSR count). The zero-order valence-corrected chi connectivity index (χ0v) is 10.8. The molecule has 0 aliphatic rings. The summed E-state index contributed by atoms with van der Waals surface area (Å²) in [4.78, 5) is 15.9. The lowest BCUT2D eigenvalue weighted by molar-refractivity contribution is 0.102. The van der Waals surface area contributed by atoms with Crippen molar-refractivity contribution < 1.29 is 13.6 Å². The van der Waals surface area contributed by atoms with E-state index in [9.17, 15) is 13.6 Å². The molecular weight excluding hydrogens is 272 g/mol. The second kappa shape index (κ2) is 5.41. The monoisotopic (exact) mass is 283 g/mol. The van der Waals surface area contributed by atoms with Gasteiger partial charge in [0, 0.05) is 17.1 Å². The van der Waals surface area contributed by atoms with Gasteiger partial charge < -0.3 is 11.1 Å². The van der Waals surface area contributed by atoms with Gasteiger partial charge in [-0.1, -0.05) is 0 Å². The Hall–Kier alpha value is -1.86. The molecule has 1 atom stereocenters. The van der Waals surface area contributed by atoms with Gasteiger partial charge in [-0.05, 0) is 19.1 Å². The lowest BCUT2D eigenvalue weighted by Gasteiger charge is -2.03. The van der Waals surface area contributed by atoms with Crippen molar-refractivity contribution in [3.05, 3.63) is 45.9 Å². The number of benzene rings is 1. The fourth-order valence-corrected chi connectivity index (χ4v) is 2.13. The van der Waals surface area contributed by atoms with Crippen molar-refractivity contribution in [2.24, 2.45) is 5.73 Å². The average molecular weight is 283 g/mol. The number of nitrogens with two attached hydrogens (primary N) is 1. The molecule has 0 radical (unpaired) electrons. The van der Waals surface area contributed by atoms with Crippen molar-refractivity contribution >= 4 is 22.9 Å². The first-order chi connectivity index (χ1) is 8.97. The molecular formula is C12H11F2N3OS. The third-order valence-corrected chi connectivity index (χ3v) is 3.37. The minimum atomic E-state index is -1.02. The smallest absolute Gasteiger partial charge is 0.275 e. The van der Waals surface area contributed by atoms with Crippen LogP contribution in [-0.2, 0) is 0 Å². The predicted octanol–water partition coefficient (Wildman–Crippen LogP) is 2.69. The molecule has 0 spiro atoms. The van der Waals surface area contributed by atoms with Crippen LogP contribution in [0.4, 0.5) is 14.5 Å². The largest absolute Gasteiger partial charge is 0.322 e. The summed E-state index contributed by atoms with van der Waals surface area (Å²) in [6.07, 6.45) is 0. The number of halogens is 2. The first kappa shape index (κ1) is 13.6. The van der Waals surface area contributed by atoms with Gasteiger partial charge in [0.15, 0.2) is 11.6 Å². The van der Waals surface area contributed by atoms with E-state index in [2.05, 4.69) is 10.3 Å². The van der Waals surface area contributed by atoms with E-state index in [-0.39, 0.29) is 17.4 Å². The maximum atomic E-state index is 13.0. The molecule has 1 unspecified atom stereocenters. The number of thiazole rings is 1. The van der Waals surface area contributed by atoms with Gasteiger partial charge in [0.05, 0.1) is 6.04 Å². The number of nitrogens with one attached hydrogen (secondary N) is 1. The van der Waals surface area contributed by atoms with E-state index in [1.807, 2.05) is 0 Å². The van der Waals surface area contributed by atoms with E-state index in [0.29, 0.717) is 5.01 Å². The highest BCUT2D eigenvalue weighted by molar-refractivity contribution is 7.09. The molecule has 1 aromatic heterocycles. The number of rotatable bonds is 3. The normalized spacial score (nSPS) is 12.2. The average Bonchev–Trinajstić information content (AvgIpc) is 2.83. The summed E-state index contributed by atoms with van der Waals surface area (Å²) in [5.74, 6) is -2.48. The maximum Gasteiger partial charge on any atom is 0.275 e. The lowest BCUT2D eigenvalue weighted by atomic mass is 10.3. The van der Waals surface area contributed by atoms with E-state index in [0.717, 1.165) is 12.1 Å². The Morgan fingerprint density at radius 2 is 2.16 bits per heavy atom. The minimum absolute atomic E-state index is 0.166. The molecule has 1 amide bonds. The summed E-state index contributed by atoms with van der Waals surface area (Å²) in [7, 11) is 0. The Kier molecular flexibility index (Phi) is 3.87. The van der Waals surface area contributed by atoms with Crippen LogP contribution in [-0.4, -0.2) is 10.9 Å². The molecule has 100 valence electrons. The zero-order chi connectivity index (χ0) is 14.0. The molecule has 0 saturated carbocycles. The molecule has 1 aromatic carbocycles. The molecule has 19 heavy (non-hydrogen) atoms. The van der Waals surface area contributed by atoms with Gasteiger partial charge >= 0.3 is 0 Å². The summed E-state index contributed by atoms with van der Waals surface area (Å²) in [5.41, 5.74) is 6.00. The van der Waals surface area contributed by atoms with Crippen LogP contribution in [0.2, 0.25) is 0 Å². The molecule has 0 bridgehead atoms. The van der Waals surface area contributed by atoms with E-state index in [4.69, 9.17) is 5.73 Å². The summed E-state index contributed by atoms with van der Waals surface area (Å²) in [6.45, 7) is 1.76. The second-order valence-corrected chi connectivity index (χ2v) is 4.83. The Morgan fingerprint density at radius 1 is 1.42 bits per heavy atom. The molecule has 0 fully saturated rings. The van der Waals surface area contributed by atoms with Crippen molar-refractivity contribution in [3.8, 4) is 0 Å². The number of aromatic nitrogens is 1. The number of nitrogens with zero attached hydrogens (tertiary/aromatic N) is 1. The molecule has 0 saturated heterocycles. The molecule has 0 aliphatic carbocycles. The van der Waals surface area contributed by atoms with Crippen molar-refractivity contribution in [1.29, 1.82) is 0 Å². The van der Waals surface area contributed by atoms with Crippen molar-refractivity contribution in [2.75, 3.05) is 5.32 Å². The van der Waals surface area contributed by atoms with Crippen LogP contribution in [0.3, 0.4) is 0 Å². The summed E-state index contributed by atoms with van der Waals surface area (Å²) < 4.78 is 25.7. The highest BCUT2D eigenvalue weighted by Gasteiger charge is 2.13. The van der Waals surface area contributed by atoms with Crippen molar-refractivity contribution in [3.63, 3.8) is 0 Å². The number of carbonyl (C=O) groups is 1. The topological polar surface area (TPSA) is 68.0 Å². The quantitative estimate of drug-likeness (QED) is 0.910. The van der Waals surface area contributed by atoms with Gasteiger partial charge in [-0.3, -0.25) is 4.79 Å². The van der Waals surface area contributed by atoms with E-state index in [1.165, 1.54) is 17.4 Å². The molecule has 2 aromatic rings. The van der Waals surface area contributed by atoms with Crippen LogP contribution in [0, 0.1) is 11.6 Å². The highest BCUT2D eigenvalue weighted by Crippen LogP contribution is 2.18. The third-order valence-electron chi connectivity index (χ3n) is 2.32. The maximum absolute atomic E-state index is 13.0. The second-order valence-electron chi connectivity index (χ2n) is 3.94.